The molecule has 0 aromatic carbocycles. The van der Waals surface area contributed by atoms with Gasteiger partial charge in [-0.25, -0.2) is 0 Å². The number of Topliss-reactive ketones (excluding diaryl/α,β-unsaturated/α-hetero) is 1. The summed E-state index contributed by atoms with van der Waals surface area (Å²) in [4.78, 5) is 40.4. The molecule has 4 nitrogen and oxygen atoms in total. The van der Waals surface area contributed by atoms with Gasteiger partial charge in [-0.3, -0.25) is 14.4 Å². The summed E-state index contributed by atoms with van der Waals surface area (Å²) in [5.41, 5.74) is 0.617. The lowest BCUT2D eigenvalue weighted by molar-refractivity contribution is -0.172. The van der Waals surface area contributed by atoms with Crippen molar-refractivity contribution in [3.8, 4) is 0 Å². The molecule has 0 radical (unpaired) electrons. The normalized spacial score (nSPS) is 49.5. The van der Waals surface area contributed by atoms with Crippen LogP contribution in [-0.2, 0) is 19.1 Å². The van der Waals surface area contributed by atoms with Crippen molar-refractivity contribution in [1.29, 1.82) is 0 Å². The van der Waals surface area contributed by atoms with Crippen molar-refractivity contribution in [3.05, 3.63) is 23.3 Å². The molecule has 0 aromatic heterocycles. The van der Waals surface area contributed by atoms with Crippen LogP contribution in [0.4, 0.5) is 0 Å². The average Bonchev–Trinajstić information content (AvgIpc) is 2.79. The van der Waals surface area contributed by atoms with Gasteiger partial charge in [-0.2, -0.15) is 0 Å². The minimum absolute atomic E-state index is 0.106. The van der Waals surface area contributed by atoms with Crippen LogP contribution < -0.4 is 0 Å². The van der Waals surface area contributed by atoms with Gasteiger partial charge in [-0.05, 0) is 98.5 Å². The molecule has 0 bridgehead atoms. The number of ether oxygens (including phenoxy) is 1. The molecular weight excluding hydrogens is 448 g/mol. The van der Waals surface area contributed by atoms with Gasteiger partial charge in [0, 0.05) is 16.7 Å². The lowest BCUT2D eigenvalue weighted by Crippen LogP contribution is -2.65. The molecule has 36 heavy (non-hydrogen) atoms. The highest BCUT2D eigenvalue weighted by Crippen LogP contribution is 2.74. The minimum Gasteiger partial charge on any atom is -0.469 e. The molecule has 0 heterocycles. The highest BCUT2D eigenvalue weighted by Gasteiger charge is 2.70. The van der Waals surface area contributed by atoms with Crippen LogP contribution in [-0.4, -0.2) is 24.6 Å². The maximum atomic E-state index is 14.3. The van der Waals surface area contributed by atoms with E-state index in [2.05, 4.69) is 54.5 Å². The Kier molecular flexibility index (Phi) is 5.36. The Morgan fingerprint density at radius 1 is 0.944 bits per heavy atom. The van der Waals surface area contributed by atoms with Crippen molar-refractivity contribution in [1.82, 2.24) is 0 Å². The smallest absolute Gasteiger partial charge is 0.311 e. The molecule has 0 N–H and O–H groups in total. The summed E-state index contributed by atoms with van der Waals surface area (Å²) in [5.74, 6) is 0.583. The third kappa shape index (κ3) is 2.96. The summed E-state index contributed by atoms with van der Waals surface area (Å²) in [6.45, 7) is 17.6. The van der Waals surface area contributed by atoms with Gasteiger partial charge in [-0.15, -0.1) is 0 Å². The number of carbonyl (C=O) groups excluding carboxylic acids is 3. The number of carbonyl (C=O) groups is 3. The van der Waals surface area contributed by atoms with E-state index >= 15 is 0 Å². The van der Waals surface area contributed by atoms with Crippen LogP contribution in [0.15, 0.2) is 23.3 Å². The minimum atomic E-state index is -0.504. The maximum Gasteiger partial charge on any atom is 0.311 e. The number of hydrogen-bond acceptors (Lipinski definition) is 4. The number of methoxy groups -OCH3 is 1. The number of ketones is 2. The maximum absolute atomic E-state index is 14.3. The van der Waals surface area contributed by atoms with E-state index < -0.39 is 10.8 Å². The van der Waals surface area contributed by atoms with Gasteiger partial charge in [-0.1, -0.05) is 53.2 Å². The first-order chi connectivity index (χ1) is 16.5. The number of hydrogen-bond donors (Lipinski definition) is 0. The molecule has 5 aliphatic rings. The number of fused-ring (bicyclic) bond motifs is 7. The van der Waals surface area contributed by atoms with Crippen LogP contribution in [0.5, 0.6) is 0 Å². The molecule has 5 rings (SSSR count). The number of esters is 1. The first-order valence-corrected chi connectivity index (χ1v) is 14.1. The molecule has 0 aromatic rings. The summed E-state index contributed by atoms with van der Waals surface area (Å²) in [7, 11) is 1.49. The van der Waals surface area contributed by atoms with Crippen molar-refractivity contribution in [2.45, 2.75) is 100 Å². The van der Waals surface area contributed by atoms with Crippen molar-refractivity contribution in [2.24, 2.45) is 50.2 Å². The lowest BCUT2D eigenvalue weighted by atomic mass is 9.34. The molecule has 5 aliphatic carbocycles. The van der Waals surface area contributed by atoms with E-state index in [9.17, 15) is 14.4 Å². The Morgan fingerprint density at radius 3 is 2.22 bits per heavy atom. The predicted molar refractivity (Wildman–Crippen MR) is 141 cm³/mol. The first-order valence-electron chi connectivity index (χ1n) is 14.1. The van der Waals surface area contributed by atoms with Crippen LogP contribution in [0.1, 0.15) is 100 Å². The highest BCUT2D eigenvalue weighted by atomic mass is 16.5. The SMILES string of the molecule is COC(=O)[C@@]1(C)CCC2(C)CC[C@]3(C)C(=CC(=O)[C@@H]4C5(C)C=C(C)C(=O)C(C)(C)[C@@H]5CCC43C)C2C1. The topological polar surface area (TPSA) is 60.4 Å². The molecule has 8 atom stereocenters. The molecule has 4 unspecified atom stereocenters. The summed E-state index contributed by atoms with van der Waals surface area (Å²) in [6.07, 6.45) is 10.9. The highest BCUT2D eigenvalue weighted by molar-refractivity contribution is 6.02. The van der Waals surface area contributed by atoms with E-state index in [0.717, 1.165) is 50.5 Å². The van der Waals surface area contributed by atoms with Crippen LogP contribution in [0.2, 0.25) is 0 Å². The summed E-state index contributed by atoms with van der Waals surface area (Å²) >= 11 is 0. The van der Waals surface area contributed by atoms with Gasteiger partial charge >= 0.3 is 5.97 Å². The molecule has 3 fully saturated rings. The van der Waals surface area contributed by atoms with E-state index in [0.29, 0.717) is 0 Å². The van der Waals surface area contributed by atoms with Crippen LogP contribution in [0, 0.1) is 50.2 Å². The quantitative estimate of drug-likeness (QED) is 0.373. The van der Waals surface area contributed by atoms with E-state index in [1.54, 1.807) is 0 Å². The zero-order chi connectivity index (χ0) is 26.7. The van der Waals surface area contributed by atoms with E-state index in [4.69, 9.17) is 4.74 Å². The fourth-order valence-corrected chi connectivity index (χ4v) is 10.5. The summed E-state index contributed by atoms with van der Waals surface area (Å²) < 4.78 is 5.24. The third-order valence-electron chi connectivity index (χ3n) is 12.8. The van der Waals surface area contributed by atoms with Crippen molar-refractivity contribution in [2.75, 3.05) is 7.11 Å². The Hall–Kier alpha value is -1.71. The largest absolute Gasteiger partial charge is 0.469 e. The Bertz CT molecular complexity index is 1110. The fourth-order valence-electron chi connectivity index (χ4n) is 10.5. The number of allylic oxidation sites excluding steroid dienone is 4. The Balaban J connectivity index is 1.65. The third-order valence-corrected chi connectivity index (χ3v) is 12.8. The van der Waals surface area contributed by atoms with Crippen LogP contribution in [0.3, 0.4) is 0 Å². The molecule has 3 saturated carbocycles. The van der Waals surface area contributed by atoms with Gasteiger partial charge in [0.15, 0.2) is 11.6 Å². The second kappa shape index (κ2) is 7.44. The zero-order valence-corrected chi connectivity index (χ0v) is 24.0. The first kappa shape index (κ1) is 25.9. The van der Waals surface area contributed by atoms with Gasteiger partial charge in [0.05, 0.1) is 12.5 Å². The van der Waals surface area contributed by atoms with Gasteiger partial charge in [0.25, 0.3) is 0 Å². The second-order valence-electron chi connectivity index (χ2n) is 15.0. The van der Waals surface area contributed by atoms with Crippen LogP contribution >= 0.6 is 0 Å². The second-order valence-corrected chi connectivity index (χ2v) is 15.0. The summed E-state index contributed by atoms with van der Waals surface area (Å²) in [6, 6.07) is 0. The molecule has 0 saturated heterocycles. The van der Waals surface area contributed by atoms with Crippen molar-refractivity contribution in [3.63, 3.8) is 0 Å². The predicted octanol–water partition coefficient (Wildman–Crippen LogP) is 6.88. The molecule has 198 valence electrons. The molecule has 0 spiro atoms. The Morgan fingerprint density at radius 2 is 1.58 bits per heavy atom. The molecule has 0 amide bonds. The zero-order valence-electron chi connectivity index (χ0n) is 24.0. The van der Waals surface area contributed by atoms with E-state index in [1.165, 1.54) is 12.7 Å². The Labute approximate surface area is 217 Å². The lowest BCUT2D eigenvalue weighted by Gasteiger charge is -2.69. The van der Waals surface area contributed by atoms with E-state index in [1.807, 2.05) is 13.0 Å². The molecule has 0 aliphatic heterocycles. The van der Waals surface area contributed by atoms with Gasteiger partial charge < -0.3 is 4.74 Å². The van der Waals surface area contributed by atoms with Crippen molar-refractivity contribution >= 4 is 17.5 Å². The van der Waals surface area contributed by atoms with E-state index in [-0.39, 0.29) is 56.9 Å². The van der Waals surface area contributed by atoms with Crippen LogP contribution in [0.25, 0.3) is 0 Å². The molecular formula is C32H46O4. The van der Waals surface area contributed by atoms with Gasteiger partial charge in [0.2, 0.25) is 0 Å². The standard InChI is InChI=1S/C32H46O4/c1-19-17-30(6)23(27(2,3)25(19)34)10-11-32(8)24(30)22(33)16-20-21-18-29(5,26(35)36-9)13-12-28(21,4)14-15-31(20,32)7/h16-17,21,23-24H,10-15,18H2,1-9H3/t21?,23-,24+,28?,29-,30?,31+,32?/m0/s1. The molecule has 4 heteroatoms. The average molecular weight is 495 g/mol. The van der Waals surface area contributed by atoms with Gasteiger partial charge in [0.1, 0.15) is 0 Å². The summed E-state index contributed by atoms with van der Waals surface area (Å²) in [5, 5.41) is 0. The monoisotopic (exact) mass is 494 g/mol. The van der Waals surface area contributed by atoms with Crippen molar-refractivity contribution < 1.29 is 19.1 Å². The fraction of sp³-hybridized carbons (Fsp3) is 0.781. The number of rotatable bonds is 1.